The first-order valence-electron chi connectivity index (χ1n) is 8.79. The van der Waals surface area contributed by atoms with Crippen LogP contribution in [-0.4, -0.2) is 67.1 Å². The number of nitrogens with zero attached hydrogens (tertiary/aromatic N) is 3. The minimum absolute atomic E-state index is 0.0336. The summed E-state index contributed by atoms with van der Waals surface area (Å²) in [7, 11) is -3.48. The van der Waals surface area contributed by atoms with E-state index >= 15 is 0 Å². The van der Waals surface area contributed by atoms with Gasteiger partial charge in [0.1, 0.15) is 5.82 Å². The first-order valence-corrected chi connectivity index (χ1v) is 10.2. The summed E-state index contributed by atoms with van der Waals surface area (Å²) in [6, 6.07) is 5.87. The highest BCUT2D eigenvalue weighted by Gasteiger charge is 2.34. The first kappa shape index (κ1) is 18.3. The van der Waals surface area contributed by atoms with E-state index in [1.807, 2.05) is 0 Å². The Hall–Kier alpha value is -1.51. The molecular formula is C17H24FN3O3S. The van der Waals surface area contributed by atoms with Crippen LogP contribution < -0.4 is 0 Å². The maximum Gasteiger partial charge on any atom is 0.282 e. The van der Waals surface area contributed by atoms with Gasteiger partial charge >= 0.3 is 0 Å². The van der Waals surface area contributed by atoms with Crippen molar-refractivity contribution < 1.29 is 17.6 Å². The zero-order chi connectivity index (χ0) is 17.9. The minimum atomic E-state index is -3.48. The van der Waals surface area contributed by atoms with Crippen molar-refractivity contribution in [2.45, 2.75) is 25.7 Å². The van der Waals surface area contributed by atoms with E-state index in [9.17, 15) is 17.6 Å². The molecule has 1 aromatic carbocycles. The highest BCUT2D eigenvalue weighted by molar-refractivity contribution is 7.86. The maximum atomic E-state index is 13.8. The Balaban J connectivity index is 1.63. The zero-order valence-corrected chi connectivity index (χ0v) is 15.0. The van der Waals surface area contributed by atoms with Gasteiger partial charge in [-0.2, -0.15) is 17.0 Å². The van der Waals surface area contributed by atoms with Crippen LogP contribution in [0.5, 0.6) is 0 Å². The fraction of sp³-hybridized carbons (Fsp3) is 0.588. The van der Waals surface area contributed by atoms with E-state index < -0.39 is 16.0 Å². The second kappa shape index (κ2) is 7.80. The molecule has 1 aromatic rings. The predicted octanol–water partition coefficient (Wildman–Crippen LogP) is 1.70. The molecule has 0 N–H and O–H groups in total. The molecule has 2 aliphatic rings. The molecule has 25 heavy (non-hydrogen) atoms. The standard InChI is InChI=1S/C17H24FN3O3S/c18-16-8-4-3-7-15(16)17(22)19-11-13-21(14-12-19)25(23,24)20-9-5-1-2-6-10-20/h3-4,7-8H,1-2,5-6,9-14H2. The van der Waals surface area contributed by atoms with E-state index in [1.165, 1.54) is 27.4 Å². The summed E-state index contributed by atoms with van der Waals surface area (Å²) >= 11 is 0. The van der Waals surface area contributed by atoms with Crippen LogP contribution in [0.4, 0.5) is 4.39 Å². The minimum Gasteiger partial charge on any atom is -0.336 e. The molecule has 0 aromatic heterocycles. The Morgan fingerprint density at radius 1 is 0.840 bits per heavy atom. The lowest BCUT2D eigenvalue weighted by molar-refractivity contribution is 0.0689. The number of hydrogen-bond acceptors (Lipinski definition) is 3. The zero-order valence-electron chi connectivity index (χ0n) is 14.2. The van der Waals surface area contributed by atoms with Crippen LogP contribution >= 0.6 is 0 Å². The van der Waals surface area contributed by atoms with Crippen LogP contribution in [0.3, 0.4) is 0 Å². The topological polar surface area (TPSA) is 60.9 Å². The summed E-state index contributed by atoms with van der Waals surface area (Å²) in [5.74, 6) is -0.933. The van der Waals surface area contributed by atoms with Gasteiger partial charge in [-0.15, -0.1) is 0 Å². The third kappa shape index (κ3) is 4.02. The second-order valence-electron chi connectivity index (χ2n) is 6.49. The monoisotopic (exact) mass is 369 g/mol. The molecule has 2 aliphatic heterocycles. The molecule has 0 atom stereocenters. The van der Waals surface area contributed by atoms with E-state index in [0.717, 1.165) is 25.7 Å². The van der Waals surface area contributed by atoms with Gasteiger partial charge in [0.2, 0.25) is 0 Å². The Bertz CT molecular complexity index is 710. The maximum absolute atomic E-state index is 13.8. The fourth-order valence-corrected chi connectivity index (χ4v) is 5.03. The molecule has 0 radical (unpaired) electrons. The lowest BCUT2D eigenvalue weighted by Crippen LogP contribution is -2.54. The molecule has 2 heterocycles. The number of benzene rings is 1. The summed E-state index contributed by atoms with van der Waals surface area (Å²) in [5, 5.41) is 0. The van der Waals surface area contributed by atoms with Crippen LogP contribution in [0.1, 0.15) is 36.0 Å². The van der Waals surface area contributed by atoms with Crippen LogP contribution in [-0.2, 0) is 10.2 Å². The van der Waals surface area contributed by atoms with Gasteiger partial charge in [0, 0.05) is 39.3 Å². The SMILES string of the molecule is O=C(c1ccccc1F)N1CCN(S(=O)(=O)N2CCCCCC2)CC1. The lowest BCUT2D eigenvalue weighted by atomic mass is 10.1. The molecule has 8 heteroatoms. The predicted molar refractivity (Wildman–Crippen MR) is 92.8 cm³/mol. The molecule has 0 saturated carbocycles. The normalized spacial score (nSPS) is 21.1. The number of amides is 1. The van der Waals surface area contributed by atoms with Gasteiger partial charge in [0.05, 0.1) is 5.56 Å². The van der Waals surface area contributed by atoms with Crippen LogP contribution in [0, 0.1) is 5.82 Å². The number of halogens is 1. The lowest BCUT2D eigenvalue weighted by Gasteiger charge is -2.36. The van der Waals surface area contributed by atoms with E-state index in [0.29, 0.717) is 13.1 Å². The molecule has 2 saturated heterocycles. The molecular weight excluding hydrogens is 345 g/mol. The van der Waals surface area contributed by atoms with Crippen molar-refractivity contribution in [2.24, 2.45) is 0 Å². The average molecular weight is 369 g/mol. The number of rotatable bonds is 3. The molecule has 2 fully saturated rings. The Kier molecular flexibility index (Phi) is 5.71. The summed E-state index contributed by atoms with van der Waals surface area (Å²) in [6.45, 7) is 2.19. The van der Waals surface area contributed by atoms with Crippen molar-refractivity contribution in [3.8, 4) is 0 Å². The van der Waals surface area contributed by atoms with Crippen molar-refractivity contribution in [1.82, 2.24) is 13.5 Å². The van der Waals surface area contributed by atoms with E-state index in [-0.39, 0.29) is 37.6 Å². The number of piperazine rings is 1. The van der Waals surface area contributed by atoms with E-state index in [2.05, 4.69) is 0 Å². The van der Waals surface area contributed by atoms with Crippen molar-refractivity contribution in [3.63, 3.8) is 0 Å². The third-order valence-corrected chi connectivity index (χ3v) is 6.88. The second-order valence-corrected chi connectivity index (χ2v) is 8.42. The van der Waals surface area contributed by atoms with Crippen LogP contribution in [0.15, 0.2) is 24.3 Å². The smallest absolute Gasteiger partial charge is 0.282 e. The van der Waals surface area contributed by atoms with Gasteiger partial charge in [-0.1, -0.05) is 25.0 Å². The Morgan fingerprint density at radius 3 is 2.00 bits per heavy atom. The van der Waals surface area contributed by atoms with E-state index in [1.54, 1.807) is 10.4 Å². The largest absolute Gasteiger partial charge is 0.336 e. The summed E-state index contributed by atoms with van der Waals surface area (Å²) in [5.41, 5.74) is 0.0336. The van der Waals surface area contributed by atoms with Crippen molar-refractivity contribution in [2.75, 3.05) is 39.3 Å². The van der Waals surface area contributed by atoms with Crippen molar-refractivity contribution in [1.29, 1.82) is 0 Å². The van der Waals surface area contributed by atoms with Gasteiger partial charge in [-0.25, -0.2) is 4.39 Å². The molecule has 0 spiro atoms. The summed E-state index contributed by atoms with van der Waals surface area (Å²) in [4.78, 5) is 14.0. The quantitative estimate of drug-likeness (QED) is 0.815. The molecule has 6 nitrogen and oxygen atoms in total. The van der Waals surface area contributed by atoms with Crippen LogP contribution in [0.2, 0.25) is 0 Å². The Labute approximate surface area is 148 Å². The molecule has 3 rings (SSSR count). The molecule has 138 valence electrons. The van der Waals surface area contributed by atoms with E-state index in [4.69, 9.17) is 0 Å². The Morgan fingerprint density at radius 2 is 1.40 bits per heavy atom. The summed E-state index contributed by atoms with van der Waals surface area (Å²) < 4.78 is 42.4. The van der Waals surface area contributed by atoms with Gasteiger partial charge in [-0.3, -0.25) is 4.79 Å². The van der Waals surface area contributed by atoms with Crippen molar-refractivity contribution >= 4 is 16.1 Å². The van der Waals surface area contributed by atoms with Gasteiger partial charge in [0.15, 0.2) is 0 Å². The van der Waals surface area contributed by atoms with Gasteiger partial charge in [0.25, 0.3) is 16.1 Å². The highest BCUT2D eigenvalue weighted by atomic mass is 32.2. The summed E-state index contributed by atoms with van der Waals surface area (Å²) in [6.07, 6.45) is 3.92. The average Bonchev–Trinajstić information content (AvgIpc) is 2.92. The number of carbonyl (C=O) groups excluding carboxylic acids is 1. The van der Waals surface area contributed by atoms with Gasteiger partial charge < -0.3 is 4.90 Å². The molecule has 0 unspecified atom stereocenters. The first-order chi connectivity index (χ1) is 12.0. The van der Waals surface area contributed by atoms with Gasteiger partial charge in [-0.05, 0) is 25.0 Å². The molecule has 1 amide bonds. The third-order valence-electron chi connectivity index (χ3n) is 4.85. The fourth-order valence-electron chi connectivity index (χ4n) is 3.36. The number of hydrogen-bond donors (Lipinski definition) is 0. The highest BCUT2D eigenvalue weighted by Crippen LogP contribution is 2.19. The van der Waals surface area contributed by atoms with Crippen LogP contribution in [0.25, 0.3) is 0 Å². The molecule has 0 bridgehead atoms. The van der Waals surface area contributed by atoms with Crippen molar-refractivity contribution in [3.05, 3.63) is 35.6 Å². The molecule has 0 aliphatic carbocycles. The number of carbonyl (C=O) groups is 1.